The van der Waals surface area contributed by atoms with Gasteiger partial charge in [-0.05, 0) is 49.6 Å². The van der Waals surface area contributed by atoms with Crippen molar-refractivity contribution in [3.8, 4) is 11.5 Å². The molecule has 0 bridgehead atoms. The predicted octanol–water partition coefficient (Wildman–Crippen LogP) is 2.53. The Hall–Kier alpha value is -2.94. The summed E-state index contributed by atoms with van der Waals surface area (Å²) in [7, 11) is -3.72. The number of nitrogens with one attached hydrogen (secondary N) is 1. The van der Waals surface area contributed by atoms with E-state index in [2.05, 4.69) is 22.3 Å². The van der Waals surface area contributed by atoms with Crippen LogP contribution in [0.5, 0.6) is 11.5 Å². The summed E-state index contributed by atoms with van der Waals surface area (Å²) >= 11 is 0. The van der Waals surface area contributed by atoms with Crippen molar-refractivity contribution in [3.05, 3.63) is 48.0 Å². The van der Waals surface area contributed by atoms with Crippen LogP contribution in [0.4, 0.5) is 11.4 Å². The number of hydrogen-bond acceptors (Lipinski definition) is 6. The molecular weight excluding hydrogens is 430 g/mol. The number of carbonyl (C=O) groups is 1. The van der Waals surface area contributed by atoms with Gasteiger partial charge in [-0.25, -0.2) is 8.42 Å². The average molecular weight is 460 g/mol. The molecule has 1 atom stereocenters. The topological polar surface area (TPSA) is 88.2 Å². The Labute approximate surface area is 189 Å². The number of ether oxygens (including phenoxy) is 2. The third-order valence-corrected chi connectivity index (χ3v) is 6.98. The SMILES string of the molecule is C[C@H](C(=O)NCc1ccc(N2CCCC2)cc1)N(c1ccc2c(c1)OCCO2)S(C)(=O)=O. The fourth-order valence-electron chi connectivity index (χ4n) is 4.11. The van der Waals surface area contributed by atoms with E-state index in [1.165, 1.54) is 18.5 Å². The maximum atomic E-state index is 12.9. The normalized spacial score (nSPS) is 16.5. The molecule has 2 aromatic carbocycles. The van der Waals surface area contributed by atoms with Crippen LogP contribution in [0, 0.1) is 0 Å². The van der Waals surface area contributed by atoms with Gasteiger partial charge in [0, 0.05) is 31.4 Å². The third kappa shape index (κ3) is 4.93. The van der Waals surface area contributed by atoms with Gasteiger partial charge in [0.25, 0.3) is 0 Å². The van der Waals surface area contributed by atoms with Gasteiger partial charge in [0.05, 0.1) is 11.9 Å². The summed E-state index contributed by atoms with van der Waals surface area (Å²) in [5.74, 6) is 0.643. The van der Waals surface area contributed by atoms with Crippen LogP contribution in [0.25, 0.3) is 0 Å². The molecule has 4 rings (SSSR count). The molecule has 32 heavy (non-hydrogen) atoms. The minimum atomic E-state index is -3.72. The number of benzene rings is 2. The maximum absolute atomic E-state index is 12.9. The summed E-state index contributed by atoms with van der Waals surface area (Å²) in [5.41, 5.74) is 2.50. The highest BCUT2D eigenvalue weighted by molar-refractivity contribution is 7.92. The highest BCUT2D eigenvalue weighted by Gasteiger charge is 2.30. The molecule has 0 aliphatic carbocycles. The van der Waals surface area contributed by atoms with Crippen molar-refractivity contribution in [2.24, 2.45) is 0 Å². The minimum absolute atomic E-state index is 0.322. The standard InChI is InChI=1S/C23H29N3O5S/c1-17(23(27)24-16-18-5-7-19(8-6-18)25-11-3-4-12-25)26(32(2,28)29)20-9-10-21-22(15-20)31-14-13-30-21/h5-10,15,17H,3-4,11-14,16H2,1-2H3,(H,24,27)/t17-/m1/s1. The van der Waals surface area contributed by atoms with Crippen LogP contribution in [0.2, 0.25) is 0 Å². The monoisotopic (exact) mass is 459 g/mol. The summed E-state index contributed by atoms with van der Waals surface area (Å²) in [6, 6.07) is 12.1. The lowest BCUT2D eigenvalue weighted by atomic mass is 10.2. The number of hydrogen-bond donors (Lipinski definition) is 1. The average Bonchev–Trinajstić information content (AvgIpc) is 3.32. The second-order valence-corrected chi connectivity index (χ2v) is 10.0. The van der Waals surface area contributed by atoms with Crippen molar-refractivity contribution in [2.45, 2.75) is 32.4 Å². The smallest absolute Gasteiger partial charge is 0.243 e. The first-order valence-electron chi connectivity index (χ1n) is 10.8. The summed E-state index contributed by atoms with van der Waals surface area (Å²) in [6.45, 7) is 4.89. The molecule has 2 aliphatic rings. The fourth-order valence-corrected chi connectivity index (χ4v) is 5.28. The molecule has 1 saturated heterocycles. The zero-order chi connectivity index (χ0) is 22.7. The first-order chi connectivity index (χ1) is 15.3. The van der Waals surface area contributed by atoms with E-state index >= 15 is 0 Å². The molecule has 0 saturated carbocycles. The van der Waals surface area contributed by atoms with E-state index in [1.807, 2.05) is 12.1 Å². The Morgan fingerprint density at radius 1 is 1.06 bits per heavy atom. The number of nitrogens with zero attached hydrogens (tertiary/aromatic N) is 2. The van der Waals surface area contributed by atoms with Gasteiger partial charge in [0.2, 0.25) is 15.9 Å². The van der Waals surface area contributed by atoms with Gasteiger partial charge in [-0.2, -0.15) is 0 Å². The van der Waals surface area contributed by atoms with Gasteiger partial charge in [0.15, 0.2) is 11.5 Å². The lowest BCUT2D eigenvalue weighted by molar-refractivity contribution is -0.122. The number of fused-ring (bicyclic) bond motifs is 1. The summed E-state index contributed by atoms with van der Waals surface area (Å²) in [5, 5.41) is 2.86. The lowest BCUT2D eigenvalue weighted by Gasteiger charge is -2.29. The molecule has 2 heterocycles. The molecule has 1 N–H and O–H groups in total. The number of amides is 1. The molecule has 2 aromatic rings. The molecule has 2 aliphatic heterocycles. The van der Waals surface area contributed by atoms with E-state index in [4.69, 9.17) is 9.47 Å². The Balaban J connectivity index is 1.44. The quantitative estimate of drug-likeness (QED) is 0.685. The van der Waals surface area contributed by atoms with Gasteiger partial charge in [-0.3, -0.25) is 9.10 Å². The van der Waals surface area contributed by atoms with Crippen molar-refractivity contribution >= 4 is 27.3 Å². The molecule has 172 valence electrons. The van der Waals surface area contributed by atoms with Crippen LogP contribution >= 0.6 is 0 Å². The first kappa shape index (κ1) is 22.3. The zero-order valence-corrected chi connectivity index (χ0v) is 19.2. The highest BCUT2D eigenvalue weighted by Crippen LogP contribution is 2.35. The summed E-state index contributed by atoms with van der Waals surface area (Å²) in [6.07, 6.45) is 3.52. The summed E-state index contributed by atoms with van der Waals surface area (Å²) < 4.78 is 37.3. The van der Waals surface area contributed by atoms with E-state index < -0.39 is 16.1 Å². The van der Waals surface area contributed by atoms with Crippen molar-refractivity contribution < 1.29 is 22.7 Å². The second kappa shape index (κ2) is 9.28. The Kier molecular flexibility index (Phi) is 6.45. The second-order valence-electron chi connectivity index (χ2n) is 8.14. The summed E-state index contributed by atoms with van der Waals surface area (Å²) in [4.78, 5) is 15.2. The molecular formula is C23H29N3O5S. The van der Waals surface area contributed by atoms with Gasteiger partial charge in [-0.1, -0.05) is 12.1 Å². The van der Waals surface area contributed by atoms with Gasteiger partial charge >= 0.3 is 0 Å². The highest BCUT2D eigenvalue weighted by atomic mass is 32.2. The molecule has 0 aromatic heterocycles. The molecule has 0 unspecified atom stereocenters. The van der Waals surface area contributed by atoms with Crippen LogP contribution in [-0.2, 0) is 21.4 Å². The van der Waals surface area contributed by atoms with Gasteiger partial charge in [-0.15, -0.1) is 0 Å². The number of anilines is 2. The number of carbonyl (C=O) groups excluding carboxylic acids is 1. The van der Waals surface area contributed by atoms with Crippen molar-refractivity contribution in [2.75, 3.05) is 41.8 Å². The third-order valence-electron chi connectivity index (χ3n) is 5.74. The van der Waals surface area contributed by atoms with Crippen LogP contribution in [0.3, 0.4) is 0 Å². The van der Waals surface area contributed by atoms with Crippen LogP contribution in [0.15, 0.2) is 42.5 Å². The molecule has 0 radical (unpaired) electrons. The molecule has 0 spiro atoms. The van der Waals surface area contributed by atoms with Crippen LogP contribution in [-0.4, -0.2) is 52.9 Å². The van der Waals surface area contributed by atoms with E-state index in [9.17, 15) is 13.2 Å². The predicted molar refractivity (Wildman–Crippen MR) is 124 cm³/mol. The van der Waals surface area contributed by atoms with E-state index in [0.717, 1.165) is 29.2 Å². The van der Waals surface area contributed by atoms with E-state index in [0.29, 0.717) is 36.9 Å². The van der Waals surface area contributed by atoms with E-state index in [-0.39, 0.29) is 5.91 Å². The maximum Gasteiger partial charge on any atom is 0.243 e. The molecule has 9 heteroatoms. The zero-order valence-electron chi connectivity index (χ0n) is 18.4. The molecule has 1 fully saturated rings. The van der Waals surface area contributed by atoms with Crippen molar-refractivity contribution in [1.29, 1.82) is 0 Å². The number of sulfonamides is 1. The van der Waals surface area contributed by atoms with Crippen LogP contribution < -0.4 is 24.0 Å². The van der Waals surface area contributed by atoms with Crippen molar-refractivity contribution in [1.82, 2.24) is 5.32 Å². The molecule has 8 nitrogen and oxygen atoms in total. The first-order valence-corrected chi connectivity index (χ1v) is 12.7. The fraction of sp³-hybridized carbons (Fsp3) is 0.435. The van der Waals surface area contributed by atoms with Crippen molar-refractivity contribution in [3.63, 3.8) is 0 Å². The Bertz CT molecular complexity index is 1070. The lowest BCUT2D eigenvalue weighted by Crippen LogP contribution is -2.47. The Morgan fingerprint density at radius 3 is 2.38 bits per heavy atom. The van der Waals surface area contributed by atoms with Crippen LogP contribution in [0.1, 0.15) is 25.3 Å². The van der Waals surface area contributed by atoms with Gasteiger partial charge < -0.3 is 19.7 Å². The minimum Gasteiger partial charge on any atom is -0.486 e. The molecule has 1 amide bonds. The largest absolute Gasteiger partial charge is 0.486 e. The van der Waals surface area contributed by atoms with E-state index in [1.54, 1.807) is 25.1 Å². The Morgan fingerprint density at radius 2 is 1.72 bits per heavy atom. The number of rotatable bonds is 7. The van der Waals surface area contributed by atoms with Gasteiger partial charge in [0.1, 0.15) is 19.3 Å².